The van der Waals surface area contributed by atoms with Crippen molar-refractivity contribution in [3.05, 3.63) is 33.2 Å². The molecule has 1 unspecified atom stereocenters. The fraction of sp³-hybridized carbons (Fsp3) is 0.462. The van der Waals surface area contributed by atoms with Crippen LogP contribution in [0.3, 0.4) is 0 Å². The van der Waals surface area contributed by atoms with Gasteiger partial charge in [0.15, 0.2) is 0 Å². The number of nitrogens with one attached hydrogen (secondary N) is 1. The number of hydrogen-bond acceptors (Lipinski definition) is 3. The van der Waals surface area contributed by atoms with Gasteiger partial charge >= 0.3 is 5.97 Å². The molecular weight excluding hydrogens is 328 g/mol. The van der Waals surface area contributed by atoms with E-state index in [1.807, 2.05) is 13.8 Å². The number of hydrogen-bond donors (Lipinski definition) is 2. The molecule has 1 aromatic heterocycles. The third-order valence-electron chi connectivity index (χ3n) is 2.74. The Kier molecular flexibility index (Phi) is 5.94. The molecule has 0 radical (unpaired) electrons. The number of rotatable bonds is 6. The maximum atomic E-state index is 12.2. The van der Waals surface area contributed by atoms with E-state index < -0.39 is 12.0 Å². The van der Waals surface area contributed by atoms with Crippen LogP contribution in [-0.4, -0.2) is 28.1 Å². The molecule has 7 heteroatoms. The van der Waals surface area contributed by atoms with Crippen LogP contribution in [0.5, 0.6) is 0 Å². The van der Waals surface area contributed by atoms with Gasteiger partial charge in [-0.2, -0.15) is 0 Å². The molecule has 0 bridgehead atoms. The second-order valence-electron chi connectivity index (χ2n) is 4.72. The Morgan fingerprint density at radius 1 is 1.40 bits per heavy atom. The lowest BCUT2D eigenvalue weighted by Crippen LogP contribution is -2.40. The second kappa shape index (κ2) is 7.23. The molecule has 1 aromatic rings. The lowest BCUT2D eigenvalue weighted by Gasteiger charge is -2.22. The van der Waals surface area contributed by atoms with E-state index in [2.05, 4.69) is 21.2 Å². The summed E-state index contributed by atoms with van der Waals surface area (Å²) in [6.07, 6.45) is 1.41. The molecule has 0 saturated carbocycles. The fourth-order valence-corrected chi connectivity index (χ4v) is 2.19. The molecule has 0 aliphatic heterocycles. The van der Waals surface area contributed by atoms with E-state index in [0.717, 1.165) is 0 Å². The topological polar surface area (TPSA) is 88.4 Å². The van der Waals surface area contributed by atoms with Gasteiger partial charge in [-0.15, -0.1) is 0 Å². The number of nitrogens with zero attached hydrogens (tertiary/aromatic N) is 1. The summed E-state index contributed by atoms with van der Waals surface area (Å²) in [5.41, 5.74) is -0.278. The van der Waals surface area contributed by atoms with Crippen molar-refractivity contribution in [2.45, 2.75) is 26.3 Å². The number of pyridine rings is 1. The number of carbonyl (C=O) groups excluding carboxylic acids is 1. The minimum absolute atomic E-state index is 0.0418. The van der Waals surface area contributed by atoms with E-state index in [1.54, 1.807) is 12.3 Å². The minimum atomic E-state index is -0.981. The molecular formula is C13H17BrN2O4. The lowest BCUT2D eigenvalue weighted by molar-refractivity contribution is -0.137. The van der Waals surface area contributed by atoms with Crippen LogP contribution in [0.1, 0.15) is 26.3 Å². The monoisotopic (exact) mass is 344 g/mol. The Morgan fingerprint density at radius 3 is 2.60 bits per heavy atom. The molecule has 1 amide bonds. The average Bonchev–Trinajstić information content (AvgIpc) is 2.33. The summed E-state index contributed by atoms with van der Waals surface area (Å²) in [6, 6.07) is 2.32. The van der Waals surface area contributed by atoms with Crippen LogP contribution in [0.2, 0.25) is 0 Å². The highest BCUT2D eigenvalue weighted by atomic mass is 79.9. The molecule has 0 fully saturated rings. The third kappa shape index (κ3) is 4.48. The van der Waals surface area contributed by atoms with Crippen LogP contribution in [0, 0.1) is 5.92 Å². The summed E-state index contributed by atoms with van der Waals surface area (Å²) in [7, 11) is 0. The molecule has 110 valence electrons. The highest BCUT2D eigenvalue weighted by Crippen LogP contribution is 2.18. The Morgan fingerprint density at radius 2 is 2.05 bits per heavy atom. The van der Waals surface area contributed by atoms with Gasteiger partial charge in [-0.25, -0.2) is 0 Å². The van der Waals surface area contributed by atoms with Gasteiger partial charge in [0.05, 0.1) is 6.42 Å². The average molecular weight is 345 g/mol. The first-order chi connectivity index (χ1) is 9.32. The van der Waals surface area contributed by atoms with E-state index in [0.29, 0.717) is 4.47 Å². The number of carboxylic acids is 1. The SMILES string of the molecule is CC(C)C(C(=O)NCCC(=O)O)n1cc(Br)ccc1=O. The summed E-state index contributed by atoms with van der Waals surface area (Å²) >= 11 is 3.27. The zero-order valence-corrected chi connectivity index (χ0v) is 12.9. The first-order valence-electron chi connectivity index (χ1n) is 6.20. The van der Waals surface area contributed by atoms with E-state index >= 15 is 0 Å². The van der Waals surface area contributed by atoms with Gasteiger partial charge in [-0.1, -0.05) is 13.8 Å². The molecule has 0 aliphatic rings. The van der Waals surface area contributed by atoms with Crippen molar-refractivity contribution >= 4 is 27.8 Å². The highest BCUT2D eigenvalue weighted by molar-refractivity contribution is 9.10. The van der Waals surface area contributed by atoms with Crippen molar-refractivity contribution in [1.29, 1.82) is 0 Å². The molecule has 1 heterocycles. The van der Waals surface area contributed by atoms with Crippen LogP contribution in [0.25, 0.3) is 0 Å². The molecule has 0 saturated heterocycles. The molecule has 0 spiro atoms. The Hall–Kier alpha value is -1.63. The van der Waals surface area contributed by atoms with E-state index in [4.69, 9.17) is 5.11 Å². The van der Waals surface area contributed by atoms with Crippen molar-refractivity contribution in [2.75, 3.05) is 6.54 Å². The first kappa shape index (κ1) is 16.4. The fourth-order valence-electron chi connectivity index (χ4n) is 1.84. The standard InChI is InChI=1S/C13H17BrN2O4/c1-8(2)12(13(20)15-6-5-11(18)19)16-7-9(14)3-4-10(16)17/h3-4,7-8,12H,5-6H2,1-2H3,(H,15,20)(H,18,19). The number of aliphatic carboxylic acids is 1. The quantitative estimate of drug-likeness (QED) is 0.816. The van der Waals surface area contributed by atoms with Crippen molar-refractivity contribution in [3.8, 4) is 0 Å². The van der Waals surface area contributed by atoms with Crippen molar-refractivity contribution < 1.29 is 14.7 Å². The summed E-state index contributed by atoms with van der Waals surface area (Å²) in [6.45, 7) is 3.70. The van der Waals surface area contributed by atoms with Gasteiger partial charge < -0.3 is 15.0 Å². The van der Waals surface area contributed by atoms with Crippen LogP contribution in [-0.2, 0) is 9.59 Å². The number of halogens is 1. The van der Waals surface area contributed by atoms with Gasteiger partial charge in [0.1, 0.15) is 6.04 Å². The Balaban J connectivity index is 2.94. The van der Waals surface area contributed by atoms with Gasteiger partial charge in [0.2, 0.25) is 5.91 Å². The predicted molar refractivity (Wildman–Crippen MR) is 77.5 cm³/mol. The predicted octanol–water partition coefficient (Wildman–Crippen LogP) is 1.40. The summed E-state index contributed by atoms with van der Waals surface area (Å²) in [4.78, 5) is 34.5. The van der Waals surface area contributed by atoms with Crippen LogP contribution >= 0.6 is 15.9 Å². The molecule has 1 atom stereocenters. The van der Waals surface area contributed by atoms with Gasteiger partial charge in [-0.05, 0) is 27.9 Å². The molecule has 0 aliphatic carbocycles. The van der Waals surface area contributed by atoms with Crippen LogP contribution in [0.15, 0.2) is 27.6 Å². The highest BCUT2D eigenvalue weighted by Gasteiger charge is 2.24. The number of carboxylic acid groups (broad SMARTS) is 1. The Bertz CT molecular complexity index is 554. The zero-order chi connectivity index (χ0) is 15.3. The van der Waals surface area contributed by atoms with Gasteiger partial charge in [0, 0.05) is 23.3 Å². The number of carbonyl (C=O) groups is 2. The zero-order valence-electron chi connectivity index (χ0n) is 11.3. The maximum absolute atomic E-state index is 12.2. The van der Waals surface area contributed by atoms with Gasteiger partial charge in [0.25, 0.3) is 5.56 Å². The molecule has 20 heavy (non-hydrogen) atoms. The van der Waals surface area contributed by atoms with Gasteiger partial charge in [-0.3, -0.25) is 14.4 Å². The molecule has 2 N–H and O–H groups in total. The van der Waals surface area contributed by atoms with Crippen molar-refractivity contribution in [1.82, 2.24) is 9.88 Å². The smallest absolute Gasteiger partial charge is 0.305 e. The van der Waals surface area contributed by atoms with Crippen LogP contribution < -0.4 is 10.9 Å². The van der Waals surface area contributed by atoms with Crippen molar-refractivity contribution in [3.63, 3.8) is 0 Å². The molecule has 0 aromatic carbocycles. The maximum Gasteiger partial charge on any atom is 0.305 e. The first-order valence-corrected chi connectivity index (χ1v) is 6.99. The van der Waals surface area contributed by atoms with E-state index in [-0.39, 0.29) is 30.3 Å². The van der Waals surface area contributed by atoms with E-state index in [9.17, 15) is 14.4 Å². The van der Waals surface area contributed by atoms with Crippen LogP contribution in [0.4, 0.5) is 0 Å². The second-order valence-corrected chi connectivity index (χ2v) is 5.63. The van der Waals surface area contributed by atoms with Crippen molar-refractivity contribution in [2.24, 2.45) is 5.92 Å². The lowest BCUT2D eigenvalue weighted by atomic mass is 10.0. The van der Waals surface area contributed by atoms with E-state index in [1.165, 1.54) is 10.6 Å². The normalized spacial score (nSPS) is 12.2. The molecule has 1 rings (SSSR count). The number of amides is 1. The summed E-state index contributed by atoms with van der Waals surface area (Å²) in [5.74, 6) is -1.45. The minimum Gasteiger partial charge on any atom is -0.481 e. The summed E-state index contributed by atoms with van der Waals surface area (Å²) < 4.78 is 2.05. The largest absolute Gasteiger partial charge is 0.481 e. The third-order valence-corrected chi connectivity index (χ3v) is 3.21. The summed E-state index contributed by atoms with van der Waals surface area (Å²) in [5, 5.41) is 11.1. The number of aromatic nitrogens is 1. The molecule has 6 nitrogen and oxygen atoms in total. The Labute approximate surface area is 124 Å².